The average Bonchev–Trinajstić information content (AvgIpc) is 2.57. The molecular formula is C10H9NO3. The normalized spacial score (nSPS) is 10.4. The van der Waals surface area contributed by atoms with Gasteiger partial charge in [-0.15, -0.1) is 0 Å². The Hall–Kier alpha value is -1.97. The first kappa shape index (κ1) is 8.62. The molecule has 14 heavy (non-hydrogen) atoms. The molecule has 2 rings (SSSR count). The van der Waals surface area contributed by atoms with Crippen LogP contribution in [-0.4, -0.2) is 15.2 Å². The van der Waals surface area contributed by atoms with Crippen molar-refractivity contribution < 1.29 is 14.6 Å². The molecule has 0 spiro atoms. The van der Waals surface area contributed by atoms with Crippen LogP contribution in [0.25, 0.3) is 11.3 Å². The lowest BCUT2D eigenvalue weighted by Crippen LogP contribution is -1.80. The quantitative estimate of drug-likeness (QED) is 0.677. The molecule has 0 fully saturated rings. The predicted octanol–water partition coefficient (Wildman–Crippen LogP) is 2.06. The van der Waals surface area contributed by atoms with Gasteiger partial charge >= 0.3 is 0 Å². The predicted molar refractivity (Wildman–Crippen MR) is 50.0 cm³/mol. The number of aromatic nitrogens is 1. The van der Waals surface area contributed by atoms with E-state index in [0.717, 1.165) is 0 Å². The Kier molecular flexibility index (Phi) is 1.89. The summed E-state index contributed by atoms with van der Waals surface area (Å²) in [4.78, 5) is 4.00. The third-order valence-electron chi connectivity index (χ3n) is 1.99. The van der Waals surface area contributed by atoms with Crippen molar-refractivity contribution in [1.82, 2.24) is 4.98 Å². The van der Waals surface area contributed by atoms with Crippen molar-refractivity contribution in [2.45, 2.75) is 6.92 Å². The lowest BCUT2D eigenvalue weighted by molar-refractivity contribution is 0.404. The van der Waals surface area contributed by atoms with Gasteiger partial charge in [0.25, 0.3) is 0 Å². The molecule has 0 saturated heterocycles. The van der Waals surface area contributed by atoms with E-state index >= 15 is 0 Å². The fourth-order valence-corrected chi connectivity index (χ4v) is 1.25. The number of phenols is 2. The molecule has 0 atom stereocenters. The maximum atomic E-state index is 9.28. The van der Waals surface area contributed by atoms with Gasteiger partial charge < -0.3 is 14.6 Å². The first-order valence-electron chi connectivity index (χ1n) is 4.11. The number of phenolic OH excluding ortho intramolecular Hbond substituents is 2. The van der Waals surface area contributed by atoms with Gasteiger partial charge in [-0.1, -0.05) is 0 Å². The minimum Gasteiger partial charge on any atom is -0.504 e. The fraction of sp³-hybridized carbons (Fsp3) is 0.100. The minimum absolute atomic E-state index is 0.144. The zero-order valence-electron chi connectivity index (χ0n) is 7.56. The van der Waals surface area contributed by atoms with Crippen molar-refractivity contribution in [3.8, 4) is 22.8 Å². The third-order valence-corrected chi connectivity index (χ3v) is 1.99. The first-order chi connectivity index (χ1) is 6.68. The van der Waals surface area contributed by atoms with Gasteiger partial charge in [-0.3, -0.25) is 0 Å². The van der Waals surface area contributed by atoms with Gasteiger partial charge in [0.1, 0.15) is 11.5 Å². The second-order valence-corrected chi connectivity index (χ2v) is 2.96. The Morgan fingerprint density at radius 2 is 2.00 bits per heavy atom. The summed E-state index contributed by atoms with van der Waals surface area (Å²) in [7, 11) is 0. The molecule has 0 radical (unpaired) electrons. The van der Waals surface area contributed by atoms with Crippen molar-refractivity contribution in [3.63, 3.8) is 0 Å². The van der Waals surface area contributed by atoms with E-state index in [1.54, 1.807) is 13.0 Å². The maximum absolute atomic E-state index is 9.28. The number of nitrogens with zero attached hydrogens (tertiary/aromatic N) is 1. The van der Waals surface area contributed by atoms with E-state index < -0.39 is 0 Å². The number of rotatable bonds is 1. The molecule has 1 aromatic heterocycles. The number of aryl methyl sites for hydroxylation is 1. The first-order valence-corrected chi connectivity index (χ1v) is 4.11. The summed E-state index contributed by atoms with van der Waals surface area (Å²) in [6, 6.07) is 4.53. The smallest absolute Gasteiger partial charge is 0.181 e. The molecule has 2 N–H and O–H groups in total. The van der Waals surface area contributed by atoms with Crippen molar-refractivity contribution in [1.29, 1.82) is 0 Å². The van der Waals surface area contributed by atoms with Crippen molar-refractivity contribution in [2.24, 2.45) is 0 Å². The zero-order chi connectivity index (χ0) is 10.1. The summed E-state index contributed by atoms with van der Waals surface area (Å²) in [5.41, 5.74) is 1.38. The van der Waals surface area contributed by atoms with Crippen LogP contribution in [0.5, 0.6) is 11.5 Å². The van der Waals surface area contributed by atoms with Gasteiger partial charge in [-0.25, -0.2) is 4.98 Å². The van der Waals surface area contributed by atoms with Gasteiger partial charge in [0.2, 0.25) is 0 Å². The highest BCUT2D eigenvalue weighted by atomic mass is 16.3. The number of hydrogen-bond donors (Lipinski definition) is 2. The number of hydrogen-bond acceptors (Lipinski definition) is 4. The van der Waals surface area contributed by atoms with Crippen LogP contribution in [0.1, 0.15) is 5.76 Å². The van der Waals surface area contributed by atoms with Crippen LogP contribution in [0.3, 0.4) is 0 Å². The Morgan fingerprint density at radius 3 is 2.57 bits per heavy atom. The van der Waals surface area contributed by atoms with Crippen LogP contribution >= 0.6 is 0 Å². The van der Waals surface area contributed by atoms with Crippen LogP contribution in [0, 0.1) is 6.92 Å². The molecule has 4 nitrogen and oxygen atoms in total. The highest BCUT2D eigenvalue weighted by Crippen LogP contribution is 2.30. The standard InChI is InChI=1S/C10H9NO3/c1-6-10(11-5-14-6)7-2-3-8(12)9(13)4-7/h2-5,12-13H,1H3. The molecule has 0 aliphatic carbocycles. The van der Waals surface area contributed by atoms with E-state index in [-0.39, 0.29) is 11.5 Å². The maximum Gasteiger partial charge on any atom is 0.181 e. The van der Waals surface area contributed by atoms with E-state index in [1.807, 2.05) is 0 Å². The molecule has 0 unspecified atom stereocenters. The molecule has 0 aliphatic rings. The molecule has 0 bridgehead atoms. The molecule has 1 aromatic carbocycles. The van der Waals surface area contributed by atoms with Gasteiger partial charge in [0.15, 0.2) is 17.9 Å². The van der Waals surface area contributed by atoms with Crippen LogP contribution < -0.4 is 0 Å². The molecule has 2 aromatic rings. The van der Waals surface area contributed by atoms with E-state index in [2.05, 4.69) is 4.98 Å². The van der Waals surface area contributed by atoms with Crippen molar-refractivity contribution in [3.05, 3.63) is 30.4 Å². The highest BCUT2D eigenvalue weighted by Gasteiger charge is 2.08. The van der Waals surface area contributed by atoms with Crippen LogP contribution in [0.2, 0.25) is 0 Å². The summed E-state index contributed by atoms with van der Waals surface area (Å²) in [5, 5.41) is 18.4. The number of aromatic hydroxyl groups is 2. The van der Waals surface area contributed by atoms with Crippen molar-refractivity contribution >= 4 is 0 Å². The largest absolute Gasteiger partial charge is 0.504 e. The summed E-state index contributed by atoms with van der Waals surface area (Å²) in [6.45, 7) is 1.78. The van der Waals surface area contributed by atoms with Crippen LogP contribution in [0.4, 0.5) is 0 Å². The Balaban J connectivity index is 2.53. The molecule has 0 saturated carbocycles. The number of oxazole rings is 1. The summed E-state index contributed by atoms with van der Waals surface area (Å²) in [5.74, 6) is 0.370. The zero-order valence-corrected chi connectivity index (χ0v) is 7.56. The fourth-order valence-electron chi connectivity index (χ4n) is 1.25. The molecule has 0 aliphatic heterocycles. The van der Waals surface area contributed by atoms with E-state index in [4.69, 9.17) is 9.52 Å². The van der Waals surface area contributed by atoms with E-state index in [9.17, 15) is 5.11 Å². The van der Waals surface area contributed by atoms with Gasteiger partial charge in [-0.05, 0) is 25.1 Å². The molecule has 4 heteroatoms. The Morgan fingerprint density at radius 1 is 1.21 bits per heavy atom. The summed E-state index contributed by atoms with van der Waals surface area (Å²) in [6.07, 6.45) is 1.34. The SMILES string of the molecule is Cc1ocnc1-c1ccc(O)c(O)c1. The van der Waals surface area contributed by atoms with Gasteiger partial charge in [-0.2, -0.15) is 0 Å². The van der Waals surface area contributed by atoms with Crippen molar-refractivity contribution in [2.75, 3.05) is 0 Å². The Bertz CT molecular complexity index is 462. The molecule has 0 amide bonds. The molecule has 1 heterocycles. The summed E-state index contributed by atoms with van der Waals surface area (Å²) >= 11 is 0. The van der Waals surface area contributed by atoms with Crippen LogP contribution in [0.15, 0.2) is 29.0 Å². The highest BCUT2D eigenvalue weighted by molar-refractivity contribution is 5.64. The lowest BCUT2D eigenvalue weighted by atomic mass is 10.1. The Labute approximate surface area is 80.5 Å². The third kappa shape index (κ3) is 1.31. The van der Waals surface area contributed by atoms with Crippen LogP contribution in [-0.2, 0) is 0 Å². The second-order valence-electron chi connectivity index (χ2n) is 2.96. The van der Waals surface area contributed by atoms with Gasteiger partial charge in [0, 0.05) is 5.56 Å². The average molecular weight is 191 g/mol. The van der Waals surface area contributed by atoms with E-state index in [0.29, 0.717) is 17.0 Å². The molecular weight excluding hydrogens is 182 g/mol. The topological polar surface area (TPSA) is 66.5 Å². The molecule has 72 valence electrons. The lowest BCUT2D eigenvalue weighted by Gasteiger charge is -2.00. The minimum atomic E-state index is -0.162. The number of benzene rings is 1. The van der Waals surface area contributed by atoms with E-state index in [1.165, 1.54) is 18.5 Å². The monoisotopic (exact) mass is 191 g/mol. The summed E-state index contributed by atoms with van der Waals surface area (Å²) < 4.78 is 5.03. The second kappa shape index (κ2) is 3.06. The van der Waals surface area contributed by atoms with Gasteiger partial charge in [0.05, 0.1) is 0 Å².